The third kappa shape index (κ3) is 2.56. The first kappa shape index (κ1) is 12.7. The number of pyridine rings is 1. The Kier molecular flexibility index (Phi) is 4.03. The fraction of sp³-hybridized carbons (Fsp3) is 0.571. The maximum absolute atomic E-state index is 8.92. The van der Waals surface area contributed by atoms with Gasteiger partial charge in [0.25, 0.3) is 0 Å². The van der Waals surface area contributed by atoms with Gasteiger partial charge in [0.15, 0.2) is 11.4 Å². The molecule has 4 nitrogen and oxygen atoms in total. The summed E-state index contributed by atoms with van der Waals surface area (Å²) in [6.07, 6.45) is 8.18. The number of rotatable bonds is 3. The van der Waals surface area contributed by atoms with Gasteiger partial charge in [-0.3, -0.25) is 0 Å². The van der Waals surface area contributed by atoms with Gasteiger partial charge in [0, 0.05) is 19.2 Å². The van der Waals surface area contributed by atoms with Gasteiger partial charge in [-0.1, -0.05) is 19.3 Å². The molecule has 1 fully saturated rings. The van der Waals surface area contributed by atoms with Crippen LogP contribution in [0.25, 0.3) is 0 Å². The zero-order valence-corrected chi connectivity index (χ0v) is 11.0. The minimum Gasteiger partial charge on any atom is -0.494 e. The van der Waals surface area contributed by atoms with Gasteiger partial charge in [-0.15, -0.1) is 0 Å². The highest BCUT2D eigenvalue weighted by Gasteiger charge is 2.19. The molecule has 2 rings (SSSR count). The molecule has 0 aliphatic heterocycles. The number of nitrogens with zero attached hydrogens (tertiary/aromatic N) is 3. The second-order valence-electron chi connectivity index (χ2n) is 4.76. The zero-order chi connectivity index (χ0) is 13.0. The Balaban J connectivity index is 2.19. The molecule has 18 heavy (non-hydrogen) atoms. The van der Waals surface area contributed by atoms with Crippen LogP contribution in [-0.4, -0.2) is 25.2 Å². The van der Waals surface area contributed by atoms with Crippen LogP contribution < -0.4 is 9.64 Å². The minimum atomic E-state index is 0.346. The smallest absolute Gasteiger partial charge is 0.182 e. The summed E-state index contributed by atoms with van der Waals surface area (Å²) in [6.45, 7) is 0. The summed E-state index contributed by atoms with van der Waals surface area (Å²) in [7, 11) is 3.67. The van der Waals surface area contributed by atoms with E-state index < -0.39 is 0 Å². The van der Waals surface area contributed by atoms with E-state index in [9.17, 15) is 0 Å². The number of methoxy groups -OCH3 is 1. The Labute approximate surface area is 108 Å². The van der Waals surface area contributed by atoms with E-state index >= 15 is 0 Å². The Morgan fingerprint density at radius 1 is 1.39 bits per heavy atom. The summed E-state index contributed by atoms with van der Waals surface area (Å²) in [5.41, 5.74) is 1.37. The summed E-state index contributed by atoms with van der Waals surface area (Å²) in [5, 5.41) is 8.92. The van der Waals surface area contributed by atoms with Crippen molar-refractivity contribution in [2.75, 3.05) is 19.1 Å². The van der Waals surface area contributed by atoms with Crippen LogP contribution in [0.4, 0.5) is 5.69 Å². The topological polar surface area (TPSA) is 49.1 Å². The van der Waals surface area contributed by atoms with E-state index in [0.29, 0.717) is 17.5 Å². The average Bonchev–Trinajstić information content (AvgIpc) is 2.46. The van der Waals surface area contributed by atoms with Crippen LogP contribution in [0.1, 0.15) is 37.8 Å². The zero-order valence-electron chi connectivity index (χ0n) is 11.0. The van der Waals surface area contributed by atoms with Crippen molar-refractivity contribution in [2.24, 2.45) is 0 Å². The number of anilines is 1. The quantitative estimate of drug-likeness (QED) is 0.821. The number of hydrogen-bond donors (Lipinski definition) is 0. The van der Waals surface area contributed by atoms with Gasteiger partial charge in [-0.25, -0.2) is 4.98 Å². The second-order valence-corrected chi connectivity index (χ2v) is 4.76. The molecule has 0 radical (unpaired) electrons. The fourth-order valence-corrected chi connectivity index (χ4v) is 2.55. The van der Waals surface area contributed by atoms with Gasteiger partial charge in [0.1, 0.15) is 6.07 Å². The Morgan fingerprint density at radius 2 is 2.11 bits per heavy atom. The minimum absolute atomic E-state index is 0.346. The Morgan fingerprint density at radius 3 is 2.72 bits per heavy atom. The van der Waals surface area contributed by atoms with E-state index in [0.717, 1.165) is 5.69 Å². The lowest BCUT2D eigenvalue weighted by Gasteiger charge is -2.32. The molecule has 0 N–H and O–H groups in total. The highest BCUT2D eigenvalue weighted by atomic mass is 16.5. The predicted molar refractivity (Wildman–Crippen MR) is 70.8 cm³/mol. The van der Waals surface area contributed by atoms with Gasteiger partial charge in [0.05, 0.1) is 19.0 Å². The van der Waals surface area contributed by atoms with Crippen molar-refractivity contribution >= 4 is 5.69 Å². The first-order valence-electron chi connectivity index (χ1n) is 6.43. The third-order valence-electron chi connectivity index (χ3n) is 3.69. The predicted octanol–water partition coefficient (Wildman–Crippen LogP) is 2.73. The number of aromatic nitrogens is 1. The molecule has 0 aromatic carbocycles. The standard InChI is InChI=1S/C14H19N3O/c1-17(11-6-4-3-5-7-11)12-8-14(18-2)13(9-15)16-10-12/h8,10-11H,3-7H2,1-2H3. The lowest BCUT2D eigenvalue weighted by molar-refractivity contribution is 0.409. The van der Waals surface area contributed by atoms with Gasteiger partial charge >= 0.3 is 0 Å². The summed E-state index contributed by atoms with van der Waals surface area (Å²) in [6, 6.07) is 4.52. The molecule has 1 heterocycles. The van der Waals surface area contributed by atoms with E-state index in [2.05, 4.69) is 16.9 Å². The maximum Gasteiger partial charge on any atom is 0.182 e. The van der Waals surface area contributed by atoms with E-state index in [1.165, 1.54) is 32.1 Å². The molecule has 1 aliphatic carbocycles. The molecule has 0 bridgehead atoms. The molecule has 0 amide bonds. The van der Waals surface area contributed by atoms with Crippen molar-refractivity contribution in [3.8, 4) is 11.8 Å². The van der Waals surface area contributed by atoms with Gasteiger partial charge < -0.3 is 9.64 Å². The molecule has 1 saturated carbocycles. The first-order valence-corrected chi connectivity index (χ1v) is 6.43. The van der Waals surface area contributed by atoms with Crippen molar-refractivity contribution in [1.82, 2.24) is 4.98 Å². The Bertz CT molecular complexity index is 447. The first-order chi connectivity index (χ1) is 8.76. The molecular formula is C14H19N3O. The van der Waals surface area contributed by atoms with E-state index in [1.807, 2.05) is 12.1 Å². The monoisotopic (exact) mass is 245 g/mol. The van der Waals surface area contributed by atoms with Crippen molar-refractivity contribution in [2.45, 2.75) is 38.1 Å². The second kappa shape index (κ2) is 5.72. The lowest BCUT2D eigenvalue weighted by atomic mass is 9.94. The summed E-state index contributed by atoms with van der Waals surface area (Å²) >= 11 is 0. The molecule has 0 unspecified atom stereocenters. The summed E-state index contributed by atoms with van der Waals surface area (Å²) in [5.74, 6) is 0.553. The van der Waals surface area contributed by atoms with Crippen LogP contribution in [-0.2, 0) is 0 Å². The highest BCUT2D eigenvalue weighted by molar-refractivity contribution is 5.53. The van der Waals surface area contributed by atoms with Crippen molar-refractivity contribution in [3.05, 3.63) is 18.0 Å². The molecule has 1 aliphatic rings. The molecule has 0 atom stereocenters. The number of nitriles is 1. The molecule has 1 aromatic heterocycles. The maximum atomic E-state index is 8.92. The van der Waals surface area contributed by atoms with E-state index in [1.54, 1.807) is 13.3 Å². The van der Waals surface area contributed by atoms with Crippen LogP contribution in [0, 0.1) is 11.3 Å². The molecular weight excluding hydrogens is 226 g/mol. The van der Waals surface area contributed by atoms with Gasteiger partial charge in [-0.2, -0.15) is 5.26 Å². The number of hydrogen-bond acceptors (Lipinski definition) is 4. The molecule has 96 valence electrons. The number of ether oxygens (including phenoxy) is 1. The van der Waals surface area contributed by atoms with Crippen molar-refractivity contribution in [3.63, 3.8) is 0 Å². The summed E-state index contributed by atoms with van der Waals surface area (Å²) < 4.78 is 5.20. The van der Waals surface area contributed by atoms with Crippen LogP contribution in [0.2, 0.25) is 0 Å². The van der Waals surface area contributed by atoms with Crippen LogP contribution in [0.5, 0.6) is 5.75 Å². The SMILES string of the molecule is COc1cc(N(C)C2CCCCC2)cnc1C#N. The van der Waals surface area contributed by atoms with E-state index in [4.69, 9.17) is 10.00 Å². The fourth-order valence-electron chi connectivity index (χ4n) is 2.55. The highest BCUT2D eigenvalue weighted by Crippen LogP contribution is 2.28. The van der Waals surface area contributed by atoms with Crippen LogP contribution in [0.3, 0.4) is 0 Å². The normalized spacial score (nSPS) is 16.1. The molecule has 4 heteroatoms. The third-order valence-corrected chi connectivity index (χ3v) is 3.69. The molecule has 0 saturated heterocycles. The Hall–Kier alpha value is -1.76. The van der Waals surface area contributed by atoms with Crippen LogP contribution >= 0.6 is 0 Å². The van der Waals surface area contributed by atoms with Crippen molar-refractivity contribution < 1.29 is 4.74 Å². The summed E-state index contributed by atoms with van der Waals surface area (Å²) in [4.78, 5) is 6.42. The van der Waals surface area contributed by atoms with Crippen LogP contribution in [0.15, 0.2) is 12.3 Å². The largest absolute Gasteiger partial charge is 0.494 e. The lowest BCUT2D eigenvalue weighted by Crippen LogP contribution is -2.33. The molecule has 1 aromatic rings. The van der Waals surface area contributed by atoms with Crippen molar-refractivity contribution in [1.29, 1.82) is 5.26 Å². The average molecular weight is 245 g/mol. The van der Waals surface area contributed by atoms with Gasteiger partial charge in [0.2, 0.25) is 0 Å². The molecule has 0 spiro atoms. The van der Waals surface area contributed by atoms with E-state index in [-0.39, 0.29) is 0 Å². The van der Waals surface area contributed by atoms with Gasteiger partial charge in [-0.05, 0) is 12.8 Å².